The molecule has 0 amide bonds. The number of nitrogens with two attached hydrogens (primary N) is 1. The van der Waals surface area contributed by atoms with Gasteiger partial charge in [-0.05, 0) is 32.3 Å². The van der Waals surface area contributed by atoms with Gasteiger partial charge in [0.2, 0.25) is 0 Å². The van der Waals surface area contributed by atoms with E-state index in [1.54, 1.807) is 11.6 Å². The minimum atomic E-state index is -0.401. The van der Waals surface area contributed by atoms with Gasteiger partial charge in [0.25, 0.3) is 0 Å². The quantitative estimate of drug-likeness (QED) is 0.846. The minimum absolute atomic E-state index is 0.224. The molecule has 1 aliphatic rings. The van der Waals surface area contributed by atoms with E-state index in [-0.39, 0.29) is 6.04 Å². The number of piperidine rings is 1. The third-order valence-electron chi connectivity index (χ3n) is 5.00. The Morgan fingerprint density at radius 2 is 2.00 bits per heavy atom. The van der Waals surface area contributed by atoms with Crippen LogP contribution in [-0.4, -0.2) is 40.3 Å². The third kappa shape index (κ3) is 3.69. The highest BCUT2D eigenvalue weighted by atomic mass is 16.5. The molecular weight excluding hydrogens is 316 g/mol. The lowest BCUT2D eigenvalue weighted by Crippen LogP contribution is -2.37. The van der Waals surface area contributed by atoms with Gasteiger partial charge >= 0.3 is 5.97 Å². The largest absolute Gasteiger partial charge is 0.462 e. The van der Waals surface area contributed by atoms with Crippen LogP contribution in [0.5, 0.6) is 0 Å². The average molecular weight is 342 g/mol. The molecule has 1 aliphatic heterocycles. The van der Waals surface area contributed by atoms with Crippen LogP contribution in [0.25, 0.3) is 0 Å². The maximum atomic E-state index is 11.9. The van der Waals surface area contributed by atoms with Gasteiger partial charge in [0.15, 0.2) is 0 Å². The second-order valence-corrected chi connectivity index (χ2v) is 6.46. The molecule has 1 fully saturated rings. The van der Waals surface area contributed by atoms with Crippen LogP contribution in [0, 0.1) is 0 Å². The number of ether oxygens (including phenoxy) is 1. The normalized spacial score (nSPS) is 17.4. The predicted molar refractivity (Wildman–Crippen MR) is 97.3 cm³/mol. The summed E-state index contributed by atoms with van der Waals surface area (Å²) in [4.78, 5) is 14.4. The number of esters is 1. The summed E-state index contributed by atoms with van der Waals surface area (Å²) in [5, 5.41) is 4.34. The highest BCUT2D eigenvalue weighted by Gasteiger charge is 2.27. The van der Waals surface area contributed by atoms with Crippen molar-refractivity contribution in [1.82, 2.24) is 14.7 Å². The zero-order valence-corrected chi connectivity index (χ0v) is 14.9. The van der Waals surface area contributed by atoms with Gasteiger partial charge in [0, 0.05) is 19.1 Å². The Morgan fingerprint density at radius 3 is 2.64 bits per heavy atom. The molecule has 2 heterocycles. The molecule has 134 valence electrons. The second kappa shape index (κ2) is 7.70. The van der Waals surface area contributed by atoms with Crippen molar-refractivity contribution in [3.63, 3.8) is 0 Å². The summed E-state index contributed by atoms with van der Waals surface area (Å²) in [5.74, 6) is 0.00870. The molecule has 0 aliphatic carbocycles. The van der Waals surface area contributed by atoms with E-state index in [2.05, 4.69) is 41.2 Å². The van der Waals surface area contributed by atoms with Crippen molar-refractivity contribution < 1.29 is 9.53 Å². The summed E-state index contributed by atoms with van der Waals surface area (Å²) >= 11 is 0. The number of hydrogen-bond donors (Lipinski definition) is 1. The van der Waals surface area contributed by atoms with Crippen molar-refractivity contribution in [2.75, 3.05) is 25.4 Å². The zero-order chi connectivity index (χ0) is 17.8. The number of anilines is 1. The van der Waals surface area contributed by atoms with Crippen LogP contribution in [-0.2, 0) is 4.74 Å². The van der Waals surface area contributed by atoms with E-state index >= 15 is 0 Å². The first-order valence-corrected chi connectivity index (χ1v) is 8.91. The molecule has 0 spiro atoms. The van der Waals surface area contributed by atoms with Crippen molar-refractivity contribution in [2.24, 2.45) is 0 Å². The molecule has 0 saturated carbocycles. The van der Waals surface area contributed by atoms with Gasteiger partial charge in [-0.1, -0.05) is 30.3 Å². The summed E-state index contributed by atoms with van der Waals surface area (Å²) in [6.45, 7) is 6.32. The Balaban J connectivity index is 1.64. The number of rotatable bonds is 5. The van der Waals surface area contributed by atoms with Crippen LogP contribution in [0.2, 0.25) is 0 Å². The van der Waals surface area contributed by atoms with E-state index in [4.69, 9.17) is 10.5 Å². The topological polar surface area (TPSA) is 73.4 Å². The third-order valence-corrected chi connectivity index (χ3v) is 5.00. The highest BCUT2D eigenvalue weighted by Crippen LogP contribution is 2.30. The van der Waals surface area contributed by atoms with Gasteiger partial charge < -0.3 is 10.5 Å². The smallest absolute Gasteiger partial charge is 0.343 e. The first kappa shape index (κ1) is 17.5. The number of likely N-dealkylation sites (tertiary alicyclic amines) is 1. The fourth-order valence-electron chi connectivity index (χ4n) is 3.49. The summed E-state index contributed by atoms with van der Waals surface area (Å²) in [7, 11) is 0. The number of carbonyl (C=O) groups excluding carboxylic acids is 1. The molecule has 1 atom stereocenters. The zero-order valence-electron chi connectivity index (χ0n) is 14.9. The molecule has 1 aromatic heterocycles. The summed E-state index contributed by atoms with van der Waals surface area (Å²) in [6, 6.07) is 11.2. The van der Waals surface area contributed by atoms with E-state index in [0.717, 1.165) is 25.9 Å². The molecule has 0 bridgehead atoms. The maximum absolute atomic E-state index is 11.9. The Hall–Kier alpha value is -2.34. The number of nitrogens with zero attached hydrogens (tertiary/aromatic N) is 3. The van der Waals surface area contributed by atoms with Crippen molar-refractivity contribution in [2.45, 2.75) is 38.8 Å². The maximum Gasteiger partial charge on any atom is 0.343 e. The van der Waals surface area contributed by atoms with Gasteiger partial charge in [-0.2, -0.15) is 5.10 Å². The fourth-order valence-corrected chi connectivity index (χ4v) is 3.49. The SMILES string of the molecule is CCOC(=O)c1cnn(C2CCN([C@@H](C)c3ccccc3)CC2)c1N. The highest BCUT2D eigenvalue weighted by molar-refractivity contribution is 5.94. The number of benzene rings is 1. The Labute approximate surface area is 148 Å². The van der Waals surface area contributed by atoms with Crippen LogP contribution in [0.1, 0.15) is 54.7 Å². The van der Waals surface area contributed by atoms with E-state index in [1.807, 2.05) is 6.07 Å². The molecule has 2 N–H and O–H groups in total. The van der Waals surface area contributed by atoms with Crippen LogP contribution >= 0.6 is 0 Å². The Bertz CT molecular complexity index is 705. The molecule has 2 aromatic rings. The number of carbonyl (C=O) groups is 1. The summed E-state index contributed by atoms with van der Waals surface area (Å²) in [5.41, 5.74) is 7.84. The molecule has 0 unspecified atom stereocenters. The van der Waals surface area contributed by atoms with Crippen molar-refractivity contribution in [3.8, 4) is 0 Å². The molecular formula is C19H26N4O2. The molecule has 3 rings (SSSR count). The molecule has 1 saturated heterocycles. The second-order valence-electron chi connectivity index (χ2n) is 6.46. The van der Waals surface area contributed by atoms with Crippen LogP contribution in [0.3, 0.4) is 0 Å². The number of nitrogen functional groups attached to an aromatic ring is 1. The van der Waals surface area contributed by atoms with Crippen molar-refractivity contribution in [3.05, 3.63) is 47.7 Å². The molecule has 6 nitrogen and oxygen atoms in total. The van der Waals surface area contributed by atoms with E-state index < -0.39 is 5.97 Å². The van der Waals surface area contributed by atoms with Crippen molar-refractivity contribution in [1.29, 1.82) is 0 Å². The lowest BCUT2D eigenvalue weighted by molar-refractivity contribution is 0.0527. The summed E-state index contributed by atoms with van der Waals surface area (Å²) in [6.07, 6.45) is 3.45. The molecule has 1 aromatic carbocycles. The monoisotopic (exact) mass is 342 g/mol. The molecule has 25 heavy (non-hydrogen) atoms. The van der Waals surface area contributed by atoms with Gasteiger partial charge in [0.1, 0.15) is 11.4 Å². The van der Waals surface area contributed by atoms with E-state index in [0.29, 0.717) is 24.0 Å². The predicted octanol–water partition coefficient (Wildman–Crippen LogP) is 3.04. The van der Waals surface area contributed by atoms with Gasteiger partial charge in [0.05, 0.1) is 18.8 Å². The van der Waals surface area contributed by atoms with Crippen molar-refractivity contribution >= 4 is 11.8 Å². The van der Waals surface area contributed by atoms with Gasteiger partial charge in [-0.15, -0.1) is 0 Å². The summed E-state index contributed by atoms with van der Waals surface area (Å²) < 4.78 is 6.81. The number of aromatic nitrogens is 2. The molecule has 6 heteroatoms. The van der Waals surface area contributed by atoms with Crippen LogP contribution < -0.4 is 5.73 Å². The standard InChI is InChI=1S/C19H26N4O2/c1-3-25-19(24)17-13-21-23(18(17)20)16-9-11-22(12-10-16)14(2)15-7-5-4-6-8-15/h4-8,13-14,16H,3,9-12,20H2,1-2H3/t14-/m0/s1. The van der Waals surface area contributed by atoms with Crippen LogP contribution in [0.15, 0.2) is 36.5 Å². The van der Waals surface area contributed by atoms with E-state index in [1.165, 1.54) is 11.8 Å². The fraction of sp³-hybridized carbons (Fsp3) is 0.474. The lowest BCUT2D eigenvalue weighted by Gasteiger charge is -2.36. The Morgan fingerprint density at radius 1 is 1.32 bits per heavy atom. The Kier molecular flexibility index (Phi) is 5.38. The van der Waals surface area contributed by atoms with Crippen LogP contribution in [0.4, 0.5) is 5.82 Å². The van der Waals surface area contributed by atoms with Gasteiger partial charge in [-0.25, -0.2) is 9.48 Å². The molecule has 0 radical (unpaired) electrons. The lowest BCUT2D eigenvalue weighted by atomic mass is 10.0. The first-order valence-electron chi connectivity index (χ1n) is 8.91. The first-order chi connectivity index (χ1) is 12.1. The van der Waals surface area contributed by atoms with E-state index in [9.17, 15) is 4.79 Å². The van der Waals surface area contributed by atoms with Gasteiger partial charge in [-0.3, -0.25) is 4.90 Å². The minimum Gasteiger partial charge on any atom is -0.462 e. The number of hydrogen-bond acceptors (Lipinski definition) is 5. The average Bonchev–Trinajstić information content (AvgIpc) is 3.04.